The highest BCUT2D eigenvalue weighted by atomic mass is 16.3. The maximum atomic E-state index is 12.8. The fourth-order valence-electron chi connectivity index (χ4n) is 3.97. The Hall–Kier alpha value is -3.80. The topological polar surface area (TPSA) is 74.6 Å². The summed E-state index contributed by atoms with van der Waals surface area (Å²) in [5, 5.41) is 5.64. The molecule has 6 nitrogen and oxygen atoms in total. The van der Waals surface area contributed by atoms with Crippen LogP contribution in [0.5, 0.6) is 0 Å². The number of nitrogens with one attached hydrogen (secondary N) is 2. The van der Waals surface area contributed by atoms with Crippen molar-refractivity contribution >= 4 is 23.6 Å². The maximum Gasteiger partial charge on any atom is 0.267 e. The molecule has 1 aromatic heterocycles. The highest BCUT2D eigenvalue weighted by Gasteiger charge is 2.24. The monoisotopic (exact) mass is 429 g/mol. The van der Waals surface area contributed by atoms with Crippen molar-refractivity contribution in [2.24, 2.45) is 0 Å². The number of nitrogens with zero attached hydrogens (tertiary/aromatic N) is 1. The molecule has 1 aliphatic heterocycles. The van der Waals surface area contributed by atoms with Crippen LogP contribution in [-0.2, 0) is 11.2 Å². The minimum absolute atomic E-state index is 0.147. The lowest BCUT2D eigenvalue weighted by Gasteiger charge is -2.25. The molecule has 0 spiro atoms. The zero-order valence-corrected chi connectivity index (χ0v) is 18.1. The Kier molecular flexibility index (Phi) is 6.70. The first kappa shape index (κ1) is 21.4. The molecular formula is C26H27N3O3. The van der Waals surface area contributed by atoms with Gasteiger partial charge in [-0.1, -0.05) is 36.4 Å². The molecule has 0 saturated heterocycles. The van der Waals surface area contributed by atoms with Gasteiger partial charge in [-0.2, -0.15) is 0 Å². The van der Waals surface area contributed by atoms with Crippen LogP contribution in [-0.4, -0.2) is 30.9 Å². The molecule has 2 heterocycles. The first-order chi connectivity index (χ1) is 15.6. The van der Waals surface area contributed by atoms with Crippen molar-refractivity contribution in [2.45, 2.75) is 25.8 Å². The molecule has 3 aromatic rings. The van der Waals surface area contributed by atoms with E-state index < -0.39 is 0 Å². The summed E-state index contributed by atoms with van der Waals surface area (Å²) in [4.78, 5) is 27.8. The number of hydrogen-bond donors (Lipinski definition) is 2. The average molecular weight is 430 g/mol. The van der Waals surface area contributed by atoms with Gasteiger partial charge in [-0.05, 0) is 55.7 Å². The van der Waals surface area contributed by atoms with Crippen LogP contribution in [0.4, 0.5) is 5.69 Å². The highest BCUT2D eigenvalue weighted by molar-refractivity contribution is 6.05. The molecule has 1 aliphatic rings. The second-order valence-corrected chi connectivity index (χ2v) is 7.88. The fraction of sp³-hybridized carbons (Fsp3) is 0.231. The predicted molar refractivity (Wildman–Crippen MR) is 125 cm³/mol. The molecule has 0 aliphatic carbocycles. The van der Waals surface area contributed by atoms with E-state index in [9.17, 15) is 9.59 Å². The largest absolute Gasteiger partial charge is 0.465 e. The van der Waals surface area contributed by atoms with Crippen molar-refractivity contribution in [3.8, 4) is 0 Å². The number of fused-ring (bicyclic) bond motifs is 1. The molecule has 1 atom stereocenters. The molecular weight excluding hydrogens is 402 g/mol. The third kappa shape index (κ3) is 5.09. The van der Waals surface area contributed by atoms with Gasteiger partial charge >= 0.3 is 0 Å². The number of hydrogen-bond acceptors (Lipinski definition) is 4. The summed E-state index contributed by atoms with van der Waals surface area (Å²) in [5.41, 5.74) is 3.28. The Labute approximate surface area is 187 Å². The highest BCUT2D eigenvalue weighted by Crippen LogP contribution is 2.31. The Bertz CT molecular complexity index is 1090. The Balaban J connectivity index is 1.36. The minimum Gasteiger partial charge on any atom is -0.465 e. The van der Waals surface area contributed by atoms with Gasteiger partial charge in [0.25, 0.3) is 11.8 Å². The van der Waals surface area contributed by atoms with Gasteiger partial charge in [-0.3, -0.25) is 9.59 Å². The molecule has 32 heavy (non-hydrogen) atoms. The first-order valence-electron chi connectivity index (χ1n) is 10.9. The van der Waals surface area contributed by atoms with E-state index in [1.165, 1.54) is 23.6 Å². The van der Waals surface area contributed by atoms with Crippen molar-refractivity contribution in [2.75, 3.05) is 18.0 Å². The van der Waals surface area contributed by atoms with Crippen LogP contribution in [0.2, 0.25) is 0 Å². The lowest BCUT2D eigenvalue weighted by atomic mass is 10.1. The Morgan fingerprint density at radius 1 is 1.06 bits per heavy atom. The number of rotatable bonds is 8. The van der Waals surface area contributed by atoms with E-state index in [1.807, 2.05) is 6.07 Å². The third-order valence-corrected chi connectivity index (χ3v) is 5.57. The van der Waals surface area contributed by atoms with Crippen molar-refractivity contribution < 1.29 is 14.0 Å². The molecule has 0 bridgehead atoms. The third-order valence-electron chi connectivity index (χ3n) is 5.57. The van der Waals surface area contributed by atoms with Crippen molar-refractivity contribution in [1.29, 1.82) is 0 Å². The van der Waals surface area contributed by atoms with Crippen molar-refractivity contribution in [3.05, 3.63) is 95.6 Å². The molecule has 6 heteroatoms. The van der Waals surface area contributed by atoms with E-state index in [2.05, 4.69) is 46.7 Å². The number of carbonyl (C=O) groups is 2. The zero-order valence-electron chi connectivity index (χ0n) is 18.1. The second kappa shape index (κ2) is 10.0. The number of benzene rings is 2. The second-order valence-electron chi connectivity index (χ2n) is 7.88. The van der Waals surface area contributed by atoms with Gasteiger partial charge in [0.1, 0.15) is 11.5 Å². The van der Waals surface area contributed by atoms with Crippen LogP contribution in [0.1, 0.15) is 35.0 Å². The minimum atomic E-state index is -0.347. The van der Waals surface area contributed by atoms with Gasteiger partial charge in [-0.25, -0.2) is 0 Å². The number of amides is 2. The van der Waals surface area contributed by atoms with Gasteiger partial charge in [0, 0.05) is 36.5 Å². The van der Waals surface area contributed by atoms with Crippen LogP contribution in [0.3, 0.4) is 0 Å². The van der Waals surface area contributed by atoms with E-state index >= 15 is 0 Å². The average Bonchev–Trinajstić information content (AvgIpc) is 3.43. The normalized spacial score (nSPS) is 15.3. The first-order valence-corrected chi connectivity index (χ1v) is 10.9. The lowest BCUT2D eigenvalue weighted by Crippen LogP contribution is -2.37. The number of carbonyl (C=O) groups excluding carboxylic acids is 2. The summed E-state index contributed by atoms with van der Waals surface area (Å²) >= 11 is 0. The van der Waals surface area contributed by atoms with Gasteiger partial charge in [0.15, 0.2) is 0 Å². The van der Waals surface area contributed by atoms with Crippen molar-refractivity contribution in [3.63, 3.8) is 0 Å². The molecule has 164 valence electrons. The Morgan fingerprint density at radius 2 is 1.84 bits per heavy atom. The summed E-state index contributed by atoms with van der Waals surface area (Å²) in [6.07, 6.45) is 4.90. The zero-order chi connectivity index (χ0) is 22.3. The van der Waals surface area contributed by atoms with E-state index in [1.54, 1.807) is 36.4 Å². The summed E-state index contributed by atoms with van der Waals surface area (Å²) in [5.74, 6) is -0.201. The van der Waals surface area contributed by atoms with E-state index in [-0.39, 0.29) is 17.5 Å². The van der Waals surface area contributed by atoms with E-state index in [0.29, 0.717) is 23.9 Å². The van der Waals surface area contributed by atoms with Gasteiger partial charge in [0.2, 0.25) is 0 Å². The van der Waals surface area contributed by atoms with E-state index in [4.69, 9.17) is 4.42 Å². The summed E-state index contributed by atoms with van der Waals surface area (Å²) in [6.45, 7) is 3.58. The van der Waals surface area contributed by atoms with Crippen LogP contribution < -0.4 is 15.5 Å². The van der Waals surface area contributed by atoms with E-state index in [0.717, 1.165) is 19.4 Å². The van der Waals surface area contributed by atoms with Crippen LogP contribution >= 0.6 is 0 Å². The van der Waals surface area contributed by atoms with Crippen molar-refractivity contribution in [1.82, 2.24) is 10.6 Å². The molecule has 2 N–H and O–H groups in total. The SMILES string of the molecule is C[C@H]1Cc2ccccc2N1CCCNC(=O)/C(=C/c1ccco1)NC(=O)c1ccccc1. The van der Waals surface area contributed by atoms with Crippen LogP contribution in [0.15, 0.2) is 83.1 Å². The molecule has 2 amide bonds. The molecule has 2 aromatic carbocycles. The summed E-state index contributed by atoms with van der Waals surface area (Å²) in [6, 6.07) is 21.2. The molecule has 0 unspecified atom stereocenters. The summed E-state index contributed by atoms with van der Waals surface area (Å²) < 4.78 is 5.33. The molecule has 0 radical (unpaired) electrons. The summed E-state index contributed by atoms with van der Waals surface area (Å²) in [7, 11) is 0. The van der Waals surface area contributed by atoms with Gasteiger partial charge in [-0.15, -0.1) is 0 Å². The molecule has 4 rings (SSSR count). The van der Waals surface area contributed by atoms with Gasteiger partial charge in [0.05, 0.1) is 6.26 Å². The smallest absolute Gasteiger partial charge is 0.267 e. The Morgan fingerprint density at radius 3 is 2.62 bits per heavy atom. The fourth-order valence-corrected chi connectivity index (χ4v) is 3.97. The number of furan rings is 1. The quantitative estimate of drug-likeness (QED) is 0.419. The molecule has 0 saturated carbocycles. The van der Waals surface area contributed by atoms with Gasteiger partial charge < -0.3 is 20.0 Å². The standard InChI is InChI=1S/C26H27N3O3/c1-19-17-21-11-5-6-13-24(21)29(19)15-8-14-27-26(31)23(18-22-12-7-16-32-22)28-25(30)20-9-3-2-4-10-20/h2-7,9-13,16,18-19H,8,14-15,17H2,1H3,(H,27,31)(H,28,30)/b23-18-/t19-/m0/s1. The maximum absolute atomic E-state index is 12.8. The number of para-hydroxylation sites is 1. The van der Waals surface area contributed by atoms with Crippen LogP contribution in [0.25, 0.3) is 6.08 Å². The lowest BCUT2D eigenvalue weighted by molar-refractivity contribution is -0.117. The van der Waals surface area contributed by atoms with Crippen LogP contribution in [0, 0.1) is 0 Å². The number of anilines is 1. The molecule has 0 fully saturated rings. The predicted octanol–water partition coefficient (Wildman–Crippen LogP) is 4.01.